The van der Waals surface area contributed by atoms with Gasteiger partial charge >= 0.3 is 5.97 Å². The fourth-order valence-corrected chi connectivity index (χ4v) is 4.27. The maximum atomic E-state index is 12.3. The average molecular weight is 465 g/mol. The number of ether oxygens (including phenoxy) is 2. The second kappa shape index (κ2) is 11.9. The lowest BCUT2D eigenvalue weighted by Gasteiger charge is -2.25. The number of esters is 1. The van der Waals surface area contributed by atoms with Crippen LogP contribution in [-0.4, -0.2) is 30.0 Å². The molecule has 0 aliphatic carbocycles. The SMILES string of the molecule is CCOC(=O)CC(=O)CSC1=C(C#N)[C@H](c2ccc(OCc3ccccc3)cc2)CC(=O)N1. The fraction of sp³-hybridized carbons (Fsp3) is 0.280. The molecule has 0 radical (unpaired) electrons. The molecule has 170 valence electrons. The Morgan fingerprint density at radius 2 is 1.88 bits per heavy atom. The second-order valence-corrected chi connectivity index (χ2v) is 8.30. The van der Waals surface area contributed by atoms with Crippen LogP contribution in [0.5, 0.6) is 5.75 Å². The van der Waals surface area contributed by atoms with E-state index in [1.807, 2.05) is 54.6 Å². The predicted molar refractivity (Wildman–Crippen MR) is 124 cm³/mol. The van der Waals surface area contributed by atoms with E-state index >= 15 is 0 Å². The molecule has 0 aromatic heterocycles. The topological polar surface area (TPSA) is 105 Å². The Hall–Kier alpha value is -3.57. The van der Waals surface area contributed by atoms with Crippen LogP contribution in [0.1, 0.15) is 36.8 Å². The van der Waals surface area contributed by atoms with Gasteiger partial charge in [-0.2, -0.15) is 5.26 Å². The van der Waals surface area contributed by atoms with Crippen molar-refractivity contribution < 1.29 is 23.9 Å². The van der Waals surface area contributed by atoms with Crippen molar-refractivity contribution in [2.24, 2.45) is 0 Å². The first-order valence-corrected chi connectivity index (χ1v) is 11.5. The Labute approximate surface area is 196 Å². The molecule has 1 aliphatic heterocycles. The van der Waals surface area contributed by atoms with E-state index in [4.69, 9.17) is 9.47 Å². The molecule has 33 heavy (non-hydrogen) atoms. The van der Waals surface area contributed by atoms with Crippen LogP contribution in [0, 0.1) is 11.3 Å². The number of nitriles is 1. The van der Waals surface area contributed by atoms with E-state index in [0.717, 1.165) is 22.9 Å². The molecule has 1 atom stereocenters. The molecule has 1 N–H and O–H groups in total. The second-order valence-electron chi connectivity index (χ2n) is 7.31. The Bertz CT molecular complexity index is 1070. The van der Waals surface area contributed by atoms with Gasteiger partial charge in [0.25, 0.3) is 0 Å². The molecule has 1 amide bonds. The van der Waals surface area contributed by atoms with Gasteiger partial charge in [0.05, 0.1) is 29.0 Å². The minimum absolute atomic E-state index is 0.0431. The predicted octanol–water partition coefficient (Wildman–Crippen LogP) is 3.86. The Morgan fingerprint density at radius 3 is 2.55 bits per heavy atom. The van der Waals surface area contributed by atoms with Gasteiger partial charge in [-0.15, -0.1) is 0 Å². The van der Waals surface area contributed by atoms with Gasteiger partial charge in [-0.1, -0.05) is 54.2 Å². The number of amides is 1. The van der Waals surface area contributed by atoms with Crippen LogP contribution in [0.3, 0.4) is 0 Å². The zero-order valence-corrected chi connectivity index (χ0v) is 19.0. The first-order valence-electron chi connectivity index (χ1n) is 10.5. The number of nitrogens with one attached hydrogen (secondary N) is 1. The van der Waals surface area contributed by atoms with Crippen molar-refractivity contribution in [3.8, 4) is 11.8 Å². The molecule has 0 bridgehead atoms. The molecule has 8 heteroatoms. The molecule has 0 unspecified atom stereocenters. The van der Waals surface area contributed by atoms with Gasteiger partial charge in [-0.25, -0.2) is 0 Å². The highest BCUT2D eigenvalue weighted by Crippen LogP contribution is 2.36. The van der Waals surface area contributed by atoms with Crippen molar-refractivity contribution in [3.63, 3.8) is 0 Å². The molecular weight excluding hydrogens is 440 g/mol. The number of Topliss-reactive ketones (excluding diaryl/α,β-unsaturated/α-hetero) is 1. The third kappa shape index (κ3) is 6.96. The number of nitrogens with zero attached hydrogens (tertiary/aromatic N) is 1. The number of carbonyl (C=O) groups excluding carboxylic acids is 3. The van der Waals surface area contributed by atoms with Crippen molar-refractivity contribution in [2.45, 2.75) is 32.3 Å². The number of thioether (sulfide) groups is 1. The summed E-state index contributed by atoms with van der Waals surface area (Å²) < 4.78 is 10.6. The van der Waals surface area contributed by atoms with Crippen molar-refractivity contribution >= 4 is 29.4 Å². The Kier molecular flexibility index (Phi) is 8.67. The Balaban J connectivity index is 1.68. The maximum Gasteiger partial charge on any atom is 0.313 e. The summed E-state index contributed by atoms with van der Waals surface area (Å²) >= 11 is 1.05. The number of rotatable bonds is 10. The van der Waals surface area contributed by atoms with Crippen LogP contribution >= 0.6 is 11.8 Å². The molecule has 0 saturated carbocycles. The highest BCUT2D eigenvalue weighted by atomic mass is 32.2. The van der Waals surface area contributed by atoms with E-state index < -0.39 is 11.9 Å². The van der Waals surface area contributed by atoms with Crippen LogP contribution < -0.4 is 10.1 Å². The summed E-state index contributed by atoms with van der Waals surface area (Å²) in [6, 6.07) is 19.3. The number of hydrogen-bond acceptors (Lipinski definition) is 7. The molecule has 1 aliphatic rings. The fourth-order valence-electron chi connectivity index (χ4n) is 3.33. The largest absolute Gasteiger partial charge is 0.489 e. The van der Waals surface area contributed by atoms with Gasteiger partial charge in [0.1, 0.15) is 18.8 Å². The number of ketones is 1. The quantitative estimate of drug-likeness (QED) is 0.420. The van der Waals surface area contributed by atoms with Crippen LogP contribution in [0.2, 0.25) is 0 Å². The summed E-state index contributed by atoms with van der Waals surface area (Å²) in [5.74, 6) is -0.932. The molecule has 0 fully saturated rings. The highest BCUT2D eigenvalue weighted by Gasteiger charge is 2.30. The van der Waals surface area contributed by atoms with E-state index in [2.05, 4.69) is 11.4 Å². The van der Waals surface area contributed by atoms with E-state index in [0.29, 0.717) is 23.0 Å². The van der Waals surface area contributed by atoms with Gasteiger partial charge in [0.15, 0.2) is 5.78 Å². The molecule has 3 rings (SSSR count). The van der Waals surface area contributed by atoms with Crippen LogP contribution in [0.25, 0.3) is 0 Å². The molecule has 2 aromatic rings. The van der Waals surface area contributed by atoms with Crippen molar-refractivity contribution in [2.75, 3.05) is 12.4 Å². The minimum atomic E-state index is -0.585. The van der Waals surface area contributed by atoms with Crippen LogP contribution in [0.4, 0.5) is 0 Å². The van der Waals surface area contributed by atoms with Crippen molar-refractivity contribution in [1.29, 1.82) is 5.26 Å². The normalized spacial score (nSPS) is 15.4. The van der Waals surface area contributed by atoms with E-state index in [9.17, 15) is 19.6 Å². The van der Waals surface area contributed by atoms with E-state index in [1.165, 1.54) is 0 Å². The van der Waals surface area contributed by atoms with Gasteiger partial charge in [0.2, 0.25) is 5.91 Å². The molecule has 0 saturated heterocycles. The zero-order valence-electron chi connectivity index (χ0n) is 18.2. The summed E-state index contributed by atoms with van der Waals surface area (Å²) in [7, 11) is 0. The number of benzene rings is 2. The lowest BCUT2D eigenvalue weighted by molar-refractivity contribution is -0.145. The standard InChI is InChI=1S/C25H24N2O5S/c1-2-31-24(30)12-19(28)16-33-25-22(14-26)21(13-23(29)27-25)18-8-10-20(11-9-18)32-15-17-6-4-3-5-7-17/h3-11,21H,2,12-13,15-16H2,1H3,(H,27,29)/t21-/m0/s1. The average Bonchev–Trinajstić information content (AvgIpc) is 2.82. The maximum absolute atomic E-state index is 12.3. The zero-order chi connectivity index (χ0) is 23.6. The summed E-state index contributed by atoms with van der Waals surface area (Å²) in [5, 5.41) is 12.8. The molecule has 0 spiro atoms. The third-order valence-electron chi connectivity index (χ3n) is 4.91. The number of carbonyl (C=O) groups is 3. The van der Waals surface area contributed by atoms with Gasteiger partial charge in [-0.3, -0.25) is 14.4 Å². The van der Waals surface area contributed by atoms with Crippen molar-refractivity contribution in [3.05, 3.63) is 76.3 Å². The molecular formula is C25H24N2O5S. The van der Waals surface area contributed by atoms with Gasteiger partial charge in [-0.05, 0) is 30.2 Å². The first-order chi connectivity index (χ1) is 16.0. The van der Waals surface area contributed by atoms with E-state index in [-0.39, 0.29) is 36.9 Å². The summed E-state index contributed by atoms with van der Waals surface area (Å²) in [4.78, 5) is 35.8. The molecule has 1 heterocycles. The Morgan fingerprint density at radius 1 is 1.15 bits per heavy atom. The smallest absolute Gasteiger partial charge is 0.313 e. The first kappa shape index (κ1) is 24.1. The summed E-state index contributed by atoms with van der Waals surface area (Å²) in [6.07, 6.45) is -0.203. The van der Waals surface area contributed by atoms with Crippen molar-refractivity contribution in [1.82, 2.24) is 5.32 Å². The highest BCUT2D eigenvalue weighted by molar-refractivity contribution is 8.03. The number of allylic oxidation sites excluding steroid dienone is 1. The lowest BCUT2D eigenvalue weighted by atomic mass is 9.87. The van der Waals surface area contributed by atoms with E-state index in [1.54, 1.807) is 6.92 Å². The van der Waals surface area contributed by atoms with Crippen LogP contribution in [-0.2, 0) is 25.7 Å². The summed E-state index contributed by atoms with van der Waals surface area (Å²) in [5.41, 5.74) is 2.25. The van der Waals surface area contributed by atoms with Crippen LogP contribution in [0.15, 0.2) is 65.2 Å². The third-order valence-corrected chi connectivity index (χ3v) is 5.99. The molecule has 7 nitrogen and oxygen atoms in total. The van der Waals surface area contributed by atoms with Gasteiger partial charge in [0, 0.05) is 12.3 Å². The van der Waals surface area contributed by atoms with Gasteiger partial charge < -0.3 is 14.8 Å². The summed E-state index contributed by atoms with van der Waals surface area (Å²) in [6.45, 7) is 2.31. The number of hydrogen-bond donors (Lipinski definition) is 1. The minimum Gasteiger partial charge on any atom is -0.489 e. The molecule has 2 aromatic carbocycles. The lowest BCUT2D eigenvalue weighted by Crippen LogP contribution is -2.31. The monoisotopic (exact) mass is 464 g/mol.